The van der Waals surface area contributed by atoms with E-state index in [-0.39, 0.29) is 16.2 Å². The molecule has 102 valence electrons. The van der Waals surface area contributed by atoms with Crippen LogP contribution in [0, 0.1) is 11.3 Å². The average Bonchev–Trinajstić information content (AvgIpc) is 2.41. The Morgan fingerprint density at radius 3 is 2.50 bits per heavy atom. The van der Waals surface area contributed by atoms with E-state index in [1.54, 1.807) is 24.3 Å². The van der Waals surface area contributed by atoms with Crippen molar-refractivity contribution in [1.29, 1.82) is 5.26 Å². The molecule has 20 heavy (non-hydrogen) atoms. The van der Waals surface area contributed by atoms with E-state index in [1.165, 1.54) is 18.2 Å². The summed E-state index contributed by atoms with van der Waals surface area (Å²) in [5.41, 5.74) is 0.155. The molecule has 4 nitrogen and oxygen atoms in total. The maximum atomic E-state index is 12.3. The molecule has 0 amide bonds. The molecular weight excluding hydrogens is 410 g/mol. The molecule has 0 N–H and O–H groups in total. The minimum Gasteiger partial charge on any atom is -0.378 e. The number of hydrogen-bond acceptors (Lipinski definition) is 4. The van der Waals surface area contributed by atoms with Gasteiger partial charge in [0.2, 0.25) is 0 Å². The highest BCUT2D eigenvalue weighted by atomic mass is 79.9. The molecule has 0 aliphatic heterocycles. The Labute approximate surface area is 133 Å². The second-order valence-corrected chi connectivity index (χ2v) is 7.00. The molecule has 2 rings (SSSR count). The monoisotopic (exact) mass is 415 g/mol. The number of hydrogen-bond donors (Lipinski definition) is 0. The highest BCUT2D eigenvalue weighted by Crippen LogP contribution is 2.29. The highest BCUT2D eigenvalue weighted by molar-refractivity contribution is 9.11. The lowest BCUT2D eigenvalue weighted by Crippen LogP contribution is -2.11. The lowest BCUT2D eigenvalue weighted by molar-refractivity contribution is 0.484. The van der Waals surface area contributed by atoms with Crippen molar-refractivity contribution in [2.75, 3.05) is 0 Å². The van der Waals surface area contributed by atoms with Gasteiger partial charge in [-0.15, -0.1) is 0 Å². The lowest BCUT2D eigenvalue weighted by Gasteiger charge is -2.09. The Morgan fingerprint density at radius 2 is 1.80 bits per heavy atom. The van der Waals surface area contributed by atoms with Crippen molar-refractivity contribution < 1.29 is 12.6 Å². The van der Waals surface area contributed by atoms with Gasteiger partial charge in [-0.05, 0) is 46.3 Å². The zero-order valence-electron chi connectivity index (χ0n) is 9.88. The Hall–Kier alpha value is -1.36. The topological polar surface area (TPSA) is 67.2 Å². The van der Waals surface area contributed by atoms with E-state index in [1.807, 2.05) is 6.07 Å². The Balaban J connectivity index is 2.47. The SMILES string of the molecule is N#Cc1ccccc1OS(=O)(=O)c1cc(Br)ccc1Br. The van der Waals surface area contributed by atoms with Gasteiger partial charge >= 0.3 is 10.1 Å². The van der Waals surface area contributed by atoms with Gasteiger partial charge in [-0.25, -0.2) is 0 Å². The van der Waals surface area contributed by atoms with Crippen molar-refractivity contribution in [3.63, 3.8) is 0 Å². The molecule has 0 radical (unpaired) electrons. The lowest BCUT2D eigenvalue weighted by atomic mass is 10.2. The van der Waals surface area contributed by atoms with Crippen LogP contribution < -0.4 is 4.18 Å². The summed E-state index contributed by atoms with van der Waals surface area (Å²) < 4.78 is 30.6. The summed E-state index contributed by atoms with van der Waals surface area (Å²) in [7, 11) is -4.03. The molecule has 0 fully saturated rings. The van der Waals surface area contributed by atoms with Gasteiger partial charge in [0.15, 0.2) is 5.75 Å². The zero-order chi connectivity index (χ0) is 14.8. The Bertz CT molecular complexity index is 798. The largest absolute Gasteiger partial charge is 0.378 e. The number of halogens is 2. The molecular formula is C13H7Br2NO3S. The molecule has 2 aromatic carbocycles. The van der Waals surface area contributed by atoms with E-state index in [2.05, 4.69) is 31.9 Å². The standard InChI is InChI=1S/C13H7Br2NO3S/c14-10-5-6-11(15)13(7-10)20(17,18)19-12-4-2-1-3-9(12)8-16/h1-7H. The van der Waals surface area contributed by atoms with Crippen molar-refractivity contribution in [2.24, 2.45) is 0 Å². The predicted molar refractivity (Wildman–Crippen MR) is 80.8 cm³/mol. The van der Waals surface area contributed by atoms with E-state index in [4.69, 9.17) is 9.44 Å². The first-order chi connectivity index (χ1) is 9.44. The first-order valence-corrected chi connectivity index (χ1v) is 8.32. The van der Waals surface area contributed by atoms with Gasteiger partial charge in [0.1, 0.15) is 11.0 Å². The fraction of sp³-hybridized carbons (Fsp3) is 0. The van der Waals surface area contributed by atoms with Gasteiger partial charge < -0.3 is 4.18 Å². The molecule has 0 unspecified atom stereocenters. The Morgan fingerprint density at radius 1 is 1.10 bits per heavy atom. The molecule has 0 heterocycles. The van der Waals surface area contributed by atoms with Crippen LogP contribution in [0.3, 0.4) is 0 Å². The van der Waals surface area contributed by atoms with Crippen LogP contribution in [0.2, 0.25) is 0 Å². The summed E-state index contributed by atoms with van der Waals surface area (Å²) in [5, 5.41) is 8.94. The van der Waals surface area contributed by atoms with E-state index in [0.717, 1.165) is 0 Å². The van der Waals surface area contributed by atoms with Crippen LogP contribution in [-0.2, 0) is 10.1 Å². The molecule has 7 heteroatoms. The van der Waals surface area contributed by atoms with Gasteiger partial charge in [0.05, 0.1) is 5.56 Å². The average molecular weight is 417 g/mol. The van der Waals surface area contributed by atoms with Crippen LogP contribution in [0.1, 0.15) is 5.56 Å². The van der Waals surface area contributed by atoms with Gasteiger partial charge in [-0.2, -0.15) is 13.7 Å². The molecule has 0 atom stereocenters. The van der Waals surface area contributed by atoms with Crippen molar-refractivity contribution >= 4 is 42.0 Å². The van der Waals surface area contributed by atoms with E-state index in [0.29, 0.717) is 8.95 Å². The molecule has 0 aromatic heterocycles. The quantitative estimate of drug-likeness (QED) is 0.712. The van der Waals surface area contributed by atoms with Crippen LogP contribution in [-0.4, -0.2) is 8.42 Å². The minimum atomic E-state index is -4.03. The molecule has 0 saturated heterocycles. The second-order valence-electron chi connectivity index (χ2n) is 3.72. The van der Waals surface area contributed by atoms with Crippen molar-refractivity contribution in [3.05, 3.63) is 57.0 Å². The maximum absolute atomic E-state index is 12.3. The van der Waals surface area contributed by atoms with Gasteiger partial charge in [-0.3, -0.25) is 0 Å². The first-order valence-electron chi connectivity index (χ1n) is 5.33. The smallest absolute Gasteiger partial charge is 0.340 e. The molecule has 0 saturated carbocycles. The van der Waals surface area contributed by atoms with Crippen molar-refractivity contribution in [2.45, 2.75) is 4.90 Å². The number of nitrogens with zero attached hydrogens (tertiary/aromatic N) is 1. The van der Waals surface area contributed by atoms with Crippen molar-refractivity contribution in [1.82, 2.24) is 0 Å². The van der Waals surface area contributed by atoms with Crippen LogP contribution in [0.15, 0.2) is 56.3 Å². The second kappa shape index (κ2) is 5.95. The van der Waals surface area contributed by atoms with Gasteiger partial charge in [0.25, 0.3) is 0 Å². The summed E-state index contributed by atoms with van der Waals surface area (Å²) in [4.78, 5) is -0.0142. The summed E-state index contributed by atoms with van der Waals surface area (Å²) in [5.74, 6) is 0.00174. The minimum absolute atomic E-state index is 0.00174. The van der Waals surface area contributed by atoms with E-state index >= 15 is 0 Å². The third-order valence-electron chi connectivity index (χ3n) is 2.37. The van der Waals surface area contributed by atoms with E-state index < -0.39 is 10.1 Å². The number of benzene rings is 2. The highest BCUT2D eigenvalue weighted by Gasteiger charge is 2.21. The van der Waals surface area contributed by atoms with Crippen LogP contribution in [0.25, 0.3) is 0 Å². The van der Waals surface area contributed by atoms with Crippen LogP contribution in [0.4, 0.5) is 0 Å². The Kier molecular flexibility index (Phi) is 4.48. The summed E-state index contributed by atoms with van der Waals surface area (Å²) in [6.45, 7) is 0. The molecule has 0 aliphatic carbocycles. The maximum Gasteiger partial charge on any atom is 0.340 e. The fourth-order valence-corrected chi connectivity index (χ4v) is 3.87. The molecule has 0 spiro atoms. The predicted octanol–water partition coefficient (Wildman–Crippen LogP) is 3.85. The zero-order valence-corrected chi connectivity index (χ0v) is 13.9. The summed E-state index contributed by atoms with van der Waals surface area (Å²) in [6, 6.07) is 12.8. The van der Waals surface area contributed by atoms with Crippen LogP contribution in [0.5, 0.6) is 5.75 Å². The van der Waals surface area contributed by atoms with Gasteiger partial charge in [0, 0.05) is 8.95 Å². The first kappa shape index (κ1) is 15.0. The normalized spacial score (nSPS) is 10.8. The van der Waals surface area contributed by atoms with E-state index in [9.17, 15) is 8.42 Å². The number of para-hydroxylation sites is 1. The van der Waals surface area contributed by atoms with Gasteiger partial charge in [-0.1, -0.05) is 28.1 Å². The molecule has 0 aliphatic rings. The summed E-state index contributed by atoms with van der Waals surface area (Å²) >= 11 is 6.38. The molecule has 2 aromatic rings. The number of rotatable bonds is 3. The summed E-state index contributed by atoms with van der Waals surface area (Å²) in [6.07, 6.45) is 0. The van der Waals surface area contributed by atoms with Crippen LogP contribution >= 0.6 is 31.9 Å². The molecule has 0 bridgehead atoms. The van der Waals surface area contributed by atoms with Crippen molar-refractivity contribution in [3.8, 4) is 11.8 Å². The fourth-order valence-electron chi connectivity index (χ4n) is 1.46. The number of nitriles is 1. The third kappa shape index (κ3) is 3.20. The third-order valence-corrected chi connectivity index (χ3v) is 5.09.